The summed E-state index contributed by atoms with van der Waals surface area (Å²) in [6.07, 6.45) is -3.67. The van der Waals surface area contributed by atoms with E-state index in [0.29, 0.717) is 34.0 Å². The van der Waals surface area contributed by atoms with E-state index < -0.39 is 18.5 Å². The Kier molecular flexibility index (Phi) is 6.14. The number of hydrogen-bond donors (Lipinski definition) is 3. The lowest BCUT2D eigenvalue weighted by Gasteiger charge is -2.13. The molecular weight excluding hydrogens is 445 g/mol. The molecule has 2 aromatic heterocycles. The van der Waals surface area contributed by atoms with Gasteiger partial charge in [0.1, 0.15) is 0 Å². The summed E-state index contributed by atoms with van der Waals surface area (Å²) >= 11 is 0. The van der Waals surface area contributed by atoms with Crippen LogP contribution >= 0.6 is 0 Å². The number of amides is 1. The number of nitrogens with one attached hydrogen (secondary N) is 2. The van der Waals surface area contributed by atoms with Gasteiger partial charge < -0.3 is 16.4 Å². The zero-order valence-corrected chi connectivity index (χ0v) is 18.6. The molecule has 2 aromatic carbocycles. The highest BCUT2D eigenvalue weighted by Gasteiger charge is 2.26. The highest BCUT2D eigenvalue weighted by atomic mass is 19.4. The Bertz CT molecular complexity index is 1360. The Morgan fingerprint density at radius 1 is 1.12 bits per heavy atom. The van der Waals surface area contributed by atoms with Crippen LogP contribution in [0.3, 0.4) is 0 Å². The van der Waals surface area contributed by atoms with Gasteiger partial charge in [0.05, 0.1) is 24.0 Å². The summed E-state index contributed by atoms with van der Waals surface area (Å²) in [5, 5.41) is 10.7. The van der Waals surface area contributed by atoms with E-state index in [0.717, 1.165) is 16.8 Å². The highest BCUT2D eigenvalue weighted by molar-refractivity contribution is 5.95. The summed E-state index contributed by atoms with van der Waals surface area (Å²) in [5.41, 5.74) is 10.5. The Hall–Kier alpha value is -4.08. The summed E-state index contributed by atoms with van der Waals surface area (Å²) in [5.74, 6) is -0.0987. The van der Waals surface area contributed by atoms with Gasteiger partial charge in [-0.3, -0.25) is 4.79 Å². The van der Waals surface area contributed by atoms with Crippen LogP contribution in [-0.4, -0.2) is 33.2 Å². The maximum absolute atomic E-state index is 12.7. The molecule has 0 saturated carbocycles. The molecule has 2 heterocycles. The van der Waals surface area contributed by atoms with E-state index in [-0.39, 0.29) is 6.54 Å². The predicted molar refractivity (Wildman–Crippen MR) is 125 cm³/mol. The molecule has 0 radical (unpaired) electrons. The van der Waals surface area contributed by atoms with Crippen molar-refractivity contribution in [3.05, 3.63) is 71.4 Å². The summed E-state index contributed by atoms with van der Waals surface area (Å²) in [7, 11) is 0. The lowest BCUT2D eigenvalue weighted by atomic mass is 10.0. The topological polar surface area (TPSA) is 97.3 Å². The van der Waals surface area contributed by atoms with Gasteiger partial charge in [-0.25, -0.2) is 9.50 Å². The van der Waals surface area contributed by atoms with Gasteiger partial charge >= 0.3 is 6.18 Å². The molecule has 0 unspecified atom stereocenters. The molecule has 176 valence electrons. The standard InChI is InChI=1S/C24H23F3N6O/c1-14-4-3-5-17(10-14)31-21-12-19(29-9-8-24(25,26)27)23-30-13-20(33(23)32-21)16-6-7-18(22(28)34)15(2)11-16/h3-7,10-13,29H,8-9H2,1-2H3,(H2,28,34)(H,31,32). The SMILES string of the molecule is Cc1cccc(Nc2cc(NCCC(F)(F)F)c3ncc(-c4ccc(C(N)=O)c(C)c4)n3n2)c1. The summed E-state index contributed by atoms with van der Waals surface area (Å²) < 4.78 is 39.7. The molecule has 0 aliphatic heterocycles. The van der Waals surface area contributed by atoms with Crippen LogP contribution in [0.5, 0.6) is 0 Å². The maximum atomic E-state index is 12.7. The van der Waals surface area contributed by atoms with Gasteiger partial charge in [-0.2, -0.15) is 13.2 Å². The van der Waals surface area contributed by atoms with Crippen molar-refractivity contribution < 1.29 is 18.0 Å². The molecule has 7 nitrogen and oxygen atoms in total. The molecule has 10 heteroatoms. The lowest BCUT2D eigenvalue weighted by Crippen LogP contribution is -2.15. The first-order valence-electron chi connectivity index (χ1n) is 10.5. The molecule has 0 saturated heterocycles. The van der Waals surface area contributed by atoms with Gasteiger partial charge in [-0.15, -0.1) is 5.10 Å². The Morgan fingerprint density at radius 3 is 2.59 bits per heavy atom. The van der Waals surface area contributed by atoms with Crippen LogP contribution in [0.4, 0.5) is 30.4 Å². The zero-order valence-electron chi connectivity index (χ0n) is 18.6. The number of hydrogen-bond acceptors (Lipinski definition) is 5. The van der Waals surface area contributed by atoms with Crippen molar-refractivity contribution in [3.8, 4) is 11.3 Å². The first-order chi connectivity index (χ1) is 16.1. The third-order valence-corrected chi connectivity index (χ3v) is 5.27. The predicted octanol–water partition coefficient (Wildman–Crippen LogP) is 5.22. The second-order valence-electron chi connectivity index (χ2n) is 8.00. The van der Waals surface area contributed by atoms with Crippen LogP contribution in [0.25, 0.3) is 16.9 Å². The summed E-state index contributed by atoms with van der Waals surface area (Å²) in [6.45, 7) is 3.43. The molecule has 4 N–H and O–H groups in total. The molecule has 0 spiro atoms. The van der Waals surface area contributed by atoms with Crippen LogP contribution in [0, 0.1) is 13.8 Å². The minimum Gasteiger partial charge on any atom is -0.382 e. The number of benzene rings is 2. The smallest absolute Gasteiger partial charge is 0.382 e. The number of halogens is 3. The monoisotopic (exact) mass is 468 g/mol. The number of nitrogens with two attached hydrogens (primary N) is 1. The molecule has 0 bridgehead atoms. The average molecular weight is 468 g/mol. The molecule has 0 atom stereocenters. The number of aromatic nitrogens is 3. The number of imidazole rings is 1. The van der Waals surface area contributed by atoms with Gasteiger partial charge in [0.2, 0.25) is 5.91 Å². The van der Waals surface area contributed by atoms with E-state index in [1.165, 1.54) is 0 Å². The molecule has 4 rings (SSSR count). The molecule has 0 fully saturated rings. The number of rotatable bonds is 7. The van der Waals surface area contributed by atoms with Crippen LogP contribution in [0.2, 0.25) is 0 Å². The molecule has 4 aromatic rings. The number of carbonyl (C=O) groups excluding carboxylic acids is 1. The van der Waals surface area contributed by atoms with E-state index in [4.69, 9.17) is 5.73 Å². The van der Waals surface area contributed by atoms with Crippen molar-refractivity contribution in [2.24, 2.45) is 5.73 Å². The lowest BCUT2D eigenvalue weighted by molar-refractivity contribution is -0.131. The average Bonchev–Trinajstić information content (AvgIpc) is 3.16. The fourth-order valence-electron chi connectivity index (χ4n) is 3.67. The fraction of sp³-hybridized carbons (Fsp3) is 0.208. The quantitative estimate of drug-likeness (QED) is 0.346. The fourth-order valence-corrected chi connectivity index (χ4v) is 3.67. The van der Waals surface area contributed by atoms with E-state index in [2.05, 4.69) is 20.7 Å². The first kappa shape index (κ1) is 23.1. The zero-order chi connectivity index (χ0) is 24.5. The second kappa shape index (κ2) is 9.05. The molecule has 1 amide bonds. The maximum Gasteiger partial charge on any atom is 0.390 e. The van der Waals surface area contributed by atoms with E-state index in [1.54, 1.807) is 41.9 Å². The van der Waals surface area contributed by atoms with Crippen molar-refractivity contribution >= 4 is 28.7 Å². The number of alkyl halides is 3. The van der Waals surface area contributed by atoms with Gasteiger partial charge in [-0.05, 0) is 49.2 Å². The highest BCUT2D eigenvalue weighted by Crippen LogP contribution is 2.29. The third-order valence-electron chi connectivity index (χ3n) is 5.27. The number of nitrogens with zero attached hydrogens (tertiary/aromatic N) is 3. The van der Waals surface area contributed by atoms with E-state index in [1.807, 2.05) is 31.2 Å². The largest absolute Gasteiger partial charge is 0.390 e. The van der Waals surface area contributed by atoms with Crippen molar-refractivity contribution in [2.75, 3.05) is 17.2 Å². The molecule has 0 aliphatic rings. The second-order valence-corrected chi connectivity index (χ2v) is 8.00. The van der Waals surface area contributed by atoms with Crippen LogP contribution in [0.15, 0.2) is 54.7 Å². The minimum absolute atomic E-state index is 0.304. The van der Waals surface area contributed by atoms with Crippen LogP contribution in [0.1, 0.15) is 27.9 Å². The van der Waals surface area contributed by atoms with Gasteiger partial charge in [0, 0.05) is 29.4 Å². The Labute approximate surface area is 193 Å². The van der Waals surface area contributed by atoms with Crippen LogP contribution < -0.4 is 16.4 Å². The van der Waals surface area contributed by atoms with Crippen molar-refractivity contribution in [1.29, 1.82) is 0 Å². The normalized spacial score (nSPS) is 11.6. The summed E-state index contributed by atoms with van der Waals surface area (Å²) in [6, 6.07) is 14.4. The van der Waals surface area contributed by atoms with Crippen LogP contribution in [-0.2, 0) is 0 Å². The van der Waals surface area contributed by atoms with Crippen molar-refractivity contribution in [2.45, 2.75) is 26.4 Å². The number of primary amides is 1. The molecular formula is C24H23F3N6O. The molecule has 0 aliphatic carbocycles. The van der Waals surface area contributed by atoms with Crippen molar-refractivity contribution in [3.63, 3.8) is 0 Å². The summed E-state index contributed by atoms with van der Waals surface area (Å²) in [4.78, 5) is 16.0. The van der Waals surface area contributed by atoms with E-state index in [9.17, 15) is 18.0 Å². The number of fused-ring (bicyclic) bond motifs is 1. The number of anilines is 3. The van der Waals surface area contributed by atoms with Gasteiger partial charge in [-0.1, -0.05) is 18.2 Å². The first-order valence-corrected chi connectivity index (χ1v) is 10.5. The van der Waals surface area contributed by atoms with Crippen molar-refractivity contribution in [1.82, 2.24) is 14.6 Å². The Balaban J connectivity index is 1.78. The van der Waals surface area contributed by atoms with E-state index >= 15 is 0 Å². The van der Waals surface area contributed by atoms with Gasteiger partial charge in [0.15, 0.2) is 11.5 Å². The number of aryl methyl sites for hydroxylation is 2. The number of carbonyl (C=O) groups is 1. The minimum atomic E-state index is -4.28. The Morgan fingerprint density at radius 2 is 1.91 bits per heavy atom. The molecule has 34 heavy (non-hydrogen) atoms. The van der Waals surface area contributed by atoms with Gasteiger partial charge in [0.25, 0.3) is 0 Å². The third kappa shape index (κ3) is 5.11.